The second-order valence-electron chi connectivity index (χ2n) is 7.72. The van der Waals surface area contributed by atoms with E-state index in [0.29, 0.717) is 43.2 Å². The van der Waals surface area contributed by atoms with Crippen LogP contribution in [0.25, 0.3) is 10.6 Å². The van der Waals surface area contributed by atoms with Crippen LogP contribution < -0.4 is 0 Å². The minimum absolute atomic E-state index is 0.0255. The first-order chi connectivity index (χ1) is 14.3. The van der Waals surface area contributed by atoms with Crippen LogP contribution >= 0.6 is 11.3 Å². The second-order valence-corrected chi connectivity index (χ2v) is 8.80. The van der Waals surface area contributed by atoms with Crippen molar-refractivity contribution in [2.45, 2.75) is 38.9 Å². The molecular formula is C21H22F3N3O2S. The van der Waals surface area contributed by atoms with Gasteiger partial charge in [0.15, 0.2) is 0 Å². The van der Waals surface area contributed by atoms with E-state index in [-0.39, 0.29) is 24.2 Å². The molecule has 2 aromatic rings. The van der Waals surface area contributed by atoms with E-state index in [1.807, 2.05) is 6.92 Å². The molecule has 1 saturated heterocycles. The number of hydrogen-bond donors (Lipinski definition) is 0. The molecule has 0 spiro atoms. The van der Waals surface area contributed by atoms with Crippen LogP contribution in [0.2, 0.25) is 0 Å². The van der Waals surface area contributed by atoms with Crippen LogP contribution in [-0.2, 0) is 28.7 Å². The number of amides is 2. The Morgan fingerprint density at radius 2 is 2.13 bits per heavy atom. The highest BCUT2D eigenvalue weighted by Gasteiger charge is 2.37. The summed E-state index contributed by atoms with van der Waals surface area (Å²) in [6.45, 7) is 4.04. The van der Waals surface area contributed by atoms with Gasteiger partial charge in [-0.1, -0.05) is 19.1 Å². The van der Waals surface area contributed by atoms with Crippen molar-refractivity contribution in [3.63, 3.8) is 0 Å². The summed E-state index contributed by atoms with van der Waals surface area (Å²) in [5.74, 6) is -0.319. The number of carbonyl (C=O) groups is 2. The first-order valence-electron chi connectivity index (χ1n) is 9.99. The summed E-state index contributed by atoms with van der Waals surface area (Å²) < 4.78 is 39.0. The van der Waals surface area contributed by atoms with Gasteiger partial charge >= 0.3 is 6.18 Å². The molecule has 1 fully saturated rings. The quantitative estimate of drug-likeness (QED) is 0.727. The molecule has 3 heterocycles. The van der Waals surface area contributed by atoms with Gasteiger partial charge in [-0.25, -0.2) is 4.98 Å². The summed E-state index contributed by atoms with van der Waals surface area (Å²) in [7, 11) is 0. The van der Waals surface area contributed by atoms with Crippen molar-refractivity contribution in [2.24, 2.45) is 5.92 Å². The van der Waals surface area contributed by atoms with E-state index in [4.69, 9.17) is 0 Å². The number of likely N-dealkylation sites (tertiary alicyclic amines) is 1. The lowest BCUT2D eigenvalue weighted by Gasteiger charge is -2.28. The zero-order valence-electron chi connectivity index (χ0n) is 16.5. The lowest BCUT2D eigenvalue weighted by atomic mass is 10.1. The van der Waals surface area contributed by atoms with Gasteiger partial charge < -0.3 is 9.80 Å². The minimum Gasteiger partial charge on any atom is -0.342 e. The van der Waals surface area contributed by atoms with Gasteiger partial charge in [0.25, 0.3) is 0 Å². The maximum Gasteiger partial charge on any atom is 0.416 e. The fourth-order valence-corrected chi connectivity index (χ4v) is 5.14. The SMILES string of the molecule is CCCN1CC(C(=O)N2CCc3nc(-c4cccc(C(F)(F)F)c4)sc3C2)CC1=O. The van der Waals surface area contributed by atoms with Crippen molar-refractivity contribution in [1.29, 1.82) is 0 Å². The molecule has 160 valence electrons. The van der Waals surface area contributed by atoms with E-state index in [9.17, 15) is 22.8 Å². The molecule has 5 nitrogen and oxygen atoms in total. The Hall–Kier alpha value is -2.42. The summed E-state index contributed by atoms with van der Waals surface area (Å²) in [5, 5.41) is 0.533. The smallest absolute Gasteiger partial charge is 0.342 e. The number of thiazole rings is 1. The molecule has 0 saturated carbocycles. The summed E-state index contributed by atoms with van der Waals surface area (Å²) in [5.41, 5.74) is 0.567. The van der Waals surface area contributed by atoms with Crippen LogP contribution in [0.3, 0.4) is 0 Å². The van der Waals surface area contributed by atoms with E-state index in [1.54, 1.807) is 15.9 Å². The Labute approximate surface area is 176 Å². The first kappa shape index (κ1) is 20.8. The molecule has 0 radical (unpaired) electrons. The number of hydrogen-bond acceptors (Lipinski definition) is 4. The zero-order valence-corrected chi connectivity index (χ0v) is 17.4. The Bertz CT molecular complexity index is 973. The van der Waals surface area contributed by atoms with Crippen molar-refractivity contribution in [3.8, 4) is 10.6 Å². The topological polar surface area (TPSA) is 53.5 Å². The highest BCUT2D eigenvalue weighted by Crippen LogP contribution is 2.36. The molecule has 2 amide bonds. The number of rotatable bonds is 4. The molecule has 0 bridgehead atoms. The van der Waals surface area contributed by atoms with Crippen molar-refractivity contribution < 1.29 is 22.8 Å². The van der Waals surface area contributed by atoms with Gasteiger partial charge in [0, 0.05) is 42.9 Å². The van der Waals surface area contributed by atoms with Crippen molar-refractivity contribution >= 4 is 23.2 Å². The number of benzene rings is 1. The third-order valence-electron chi connectivity index (χ3n) is 5.54. The van der Waals surface area contributed by atoms with Crippen LogP contribution in [0.15, 0.2) is 24.3 Å². The largest absolute Gasteiger partial charge is 0.416 e. The van der Waals surface area contributed by atoms with Gasteiger partial charge in [-0.2, -0.15) is 13.2 Å². The Morgan fingerprint density at radius 1 is 1.33 bits per heavy atom. The van der Waals surface area contributed by atoms with Gasteiger partial charge in [-0.3, -0.25) is 9.59 Å². The van der Waals surface area contributed by atoms with Gasteiger partial charge in [0.1, 0.15) is 5.01 Å². The molecule has 0 N–H and O–H groups in total. The third-order valence-corrected chi connectivity index (χ3v) is 6.67. The molecule has 1 unspecified atom stereocenters. The average Bonchev–Trinajstić information content (AvgIpc) is 3.30. The van der Waals surface area contributed by atoms with Crippen LogP contribution in [-0.4, -0.2) is 46.2 Å². The lowest BCUT2D eigenvalue weighted by Crippen LogP contribution is -2.40. The fourth-order valence-electron chi connectivity index (χ4n) is 4.02. The average molecular weight is 437 g/mol. The van der Waals surface area contributed by atoms with E-state index >= 15 is 0 Å². The molecule has 2 aliphatic heterocycles. The maximum atomic E-state index is 13.0. The normalized spacial score (nSPS) is 19.3. The molecule has 0 aliphatic carbocycles. The summed E-state index contributed by atoms with van der Waals surface area (Å²) in [4.78, 5) is 34.0. The summed E-state index contributed by atoms with van der Waals surface area (Å²) >= 11 is 1.33. The molecular weight excluding hydrogens is 415 g/mol. The molecule has 2 aliphatic rings. The Balaban J connectivity index is 1.49. The van der Waals surface area contributed by atoms with Gasteiger partial charge in [-0.15, -0.1) is 11.3 Å². The molecule has 30 heavy (non-hydrogen) atoms. The van der Waals surface area contributed by atoms with Gasteiger partial charge in [0.05, 0.1) is 23.7 Å². The predicted octanol–water partition coefficient (Wildman–Crippen LogP) is 3.97. The second kappa shape index (κ2) is 8.02. The Kier molecular flexibility index (Phi) is 5.57. The van der Waals surface area contributed by atoms with Crippen LogP contribution in [0.5, 0.6) is 0 Å². The molecule has 4 rings (SSSR count). The fraction of sp³-hybridized carbons (Fsp3) is 0.476. The van der Waals surface area contributed by atoms with Gasteiger partial charge in [0.2, 0.25) is 11.8 Å². The molecule has 1 aromatic carbocycles. The zero-order chi connectivity index (χ0) is 21.5. The molecule has 1 atom stereocenters. The summed E-state index contributed by atoms with van der Waals surface area (Å²) in [6, 6.07) is 5.16. The number of carbonyl (C=O) groups excluding carboxylic acids is 2. The maximum absolute atomic E-state index is 13.0. The number of aromatic nitrogens is 1. The highest BCUT2D eigenvalue weighted by atomic mass is 32.1. The van der Waals surface area contributed by atoms with Crippen molar-refractivity contribution in [1.82, 2.24) is 14.8 Å². The van der Waals surface area contributed by atoms with Crippen LogP contribution in [0, 0.1) is 5.92 Å². The number of nitrogens with zero attached hydrogens (tertiary/aromatic N) is 3. The van der Waals surface area contributed by atoms with E-state index in [0.717, 1.165) is 29.1 Å². The van der Waals surface area contributed by atoms with E-state index < -0.39 is 11.7 Å². The standard InChI is InChI=1S/C21H22F3N3O2S/c1-2-7-26-11-14(10-18(26)28)20(29)27-8-6-16-17(12-27)30-19(25-16)13-4-3-5-15(9-13)21(22,23)24/h3-5,9,14H,2,6-8,10-12H2,1H3. The van der Waals surface area contributed by atoms with E-state index in [2.05, 4.69) is 4.98 Å². The number of alkyl halides is 3. The number of fused-ring (bicyclic) bond motifs is 1. The molecule has 9 heteroatoms. The molecule has 1 aromatic heterocycles. The summed E-state index contributed by atoms with van der Waals surface area (Å²) in [6.07, 6.45) is -2.73. The first-order valence-corrected chi connectivity index (χ1v) is 10.8. The van der Waals surface area contributed by atoms with Crippen LogP contribution in [0.4, 0.5) is 13.2 Å². The minimum atomic E-state index is -4.40. The number of halogens is 3. The Morgan fingerprint density at radius 3 is 2.87 bits per heavy atom. The lowest BCUT2D eigenvalue weighted by molar-refractivity contribution is -0.137. The van der Waals surface area contributed by atoms with Crippen molar-refractivity contribution in [3.05, 3.63) is 40.4 Å². The van der Waals surface area contributed by atoms with E-state index in [1.165, 1.54) is 17.4 Å². The van der Waals surface area contributed by atoms with Gasteiger partial charge in [-0.05, 0) is 18.6 Å². The monoisotopic (exact) mass is 437 g/mol. The predicted molar refractivity (Wildman–Crippen MR) is 107 cm³/mol. The van der Waals surface area contributed by atoms with Crippen LogP contribution in [0.1, 0.15) is 35.9 Å². The third kappa shape index (κ3) is 4.08. The highest BCUT2D eigenvalue weighted by molar-refractivity contribution is 7.15. The van der Waals surface area contributed by atoms with Crippen molar-refractivity contribution in [2.75, 3.05) is 19.6 Å².